The minimum atomic E-state index is -0.0564. The first-order chi connectivity index (χ1) is 11.4. The van der Waals surface area contributed by atoms with Gasteiger partial charge in [0.25, 0.3) is 0 Å². The van der Waals surface area contributed by atoms with Gasteiger partial charge in [-0.25, -0.2) is 4.79 Å². The number of benzene rings is 1. The van der Waals surface area contributed by atoms with Crippen molar-refractivity contribution in [3.8, 4) is 0 Å². The van der Waals surface area contributed by atoms with Crippen molar-refractivity contribution in [3.05, 3.63) is 29.8 Å². The van der Waals surface area contributed by atoms with Crippen molar-refractivity contribution in [2.24, 2.45) is 5.92 Å². The molecule has 0 aliphatic carbocycles. The van der Waals surface area contributed by atoms with E-state index in [0.29, 0.717) is 25.4 Å². The Morgan fingerprint density at radius 3 is 2.46 bits per heavy atom. The summed E-state index contributed by atoms with van der Waals surface area (Å²) in [4.78, 5) is 25.9. The lowest BCUT2D eigenvalue weighted by atomic mass is 10.1. The molecule has 1 aromatic carbocycles. The van der Waals surface area contributed by atoms with Crippen molar-refractivity contribution >= 4 is 17.6 Å². The molecule has 1 unspecified atom stereocenters. The predicted molar refractivity (Wildman–Crippen MR) is 98.9 cm³/mol. The molecule has 0 aliphatic rings. The Hall–Kier alpha value is -2.04. The van der Waals surface area contributed by atoms with Crippen LogP contribution in [-0.4, -0.2) is 29.4 Å². The molecule has 0 radical (unpaired) electrons. The summed E-state index contributed by atoms with van der Waals surface area (Å²) in [6.07, 6.45) is 1.34. The van der Waals surface area contributed by atoms with E-state index in [0.717, 1.165) is 17.7 Å². The van der Waals surface area contributed by atoms with Gasteiger partial charge in [0.15, 0.2) is 0 Å². The van der Waals surface area contributed by atoms with Crippen molar-refractivity contribution in [1.82, 2.24) is 10.2 Å². The molecule has 0 saturated carbocycles. The van der Waals surface area contributed by atoms with Crippen LogP contribution < -0.4 is 10.6 Å². The molecule has 0 fully saturated rings. The van der Waals surface area contributed by atoms with Gasteiger partial charge in [-0.3, -0.25) is 4.79 Å². The zero-order valence-corrected chi connectivity index (χ0v) is 15.6. The predicted octanol–water partition coefficient (Wildman–Crippen LogP) is 4.00. The molecule has 134 valence electrons. The van der Waals surface area contributed by atoms with Crippen LogP contribution in [0.25, 0.3) is 0 Å². The van der Waals surface area contributed by atoms with Gasteiger partial charge in [0.1, 0.15) is 0 Å². The summed E-state index contributed by atoms with van der Waals surface area (Å²) >= 11 is 0. The summed E-state index contributed by atoms with van der Waals surface area (Å²) < 4.78 is 0. The van der Waals surface area contributed by atoms with Gasteiger partial charge in [0, 0.05) is 31.2 Å². The molecule has 1 atom stereocenters. The van der Waals surface area contributed by atoms with Crippen LogP contribution in [0.2, 0.25) is 0 Å². The van der Waals surface area contributed by atoms with Crippen LogP contribution in [0.15, 0.2) is 24.3 Å². The van der Waals surface area contributed by atoms with Gasteiger partial charge in [-0.2, -0.15) is 0 Å². The second kappa shape index (κ2) is 9.96. The minimum Gasteiger partial charge on any atom is -0.334 e. The number of urea groups is 1. The third-order valence-corrected chi connectivity index (χ3v) is 4.19. The molecule has 2 N–H and O–H groups in total. The third kappa shape index (κ3) is 6.22. The maximum atomic E-state index is 12.4. The van der Waals surface area contributed by atoms with Gasteiger partial charge in [0.2, 0.25) is 5.91 Å². The number of carbonyl (C=O) groups excluding carboxylic acids is 2. The van der Waals surface area contributed by atoms with E-state index in [-0.39, 0.29) is 18.0 Å². The molecule has 1 aromatic rings. The van der Waals surface area contributed by atoms with E-state index in [1.54, 1.807) is 0 Å². The van der Waals surface area contributed by atoms with Gasteiger partial charge in [0.05, 0.1) is 0 Å². The van der Waals surface area contributed by atoms with E-state index in [2.05, 4.69) is 31.4 Å². The Balaban J connectivity index is 2.63. The SMILES string of the molecule is CCCC(=O)Nc1cccc(CNC(=O)N(CC)C(C)C(C)C)c1. The van der Waals surface area contributed by atoms with Crippen molar-refractivity contribution in [2.75, 3.05) is 11.9 Å². The molecule has 0 saturated heterocycles. The number of nitrogens with zero attached hydrogens (tertiary/aromatic N) is 1. The summed E-state index contributed by atoms with van der Waals surface area (Å²) in [5.74, 6) is 0.425. The number of carbonyl (C=O) groups is 2. The Bertz CT molecular complexity index is 543. The van der Waals surface area contributed by atoms with Crippen LogP contribution in [-0.2, 0) is 11.3 Å². The van der Waals surface area contributed by atoms with Crippen LogP contribution >= 0.6 is 0 Å². The van der Waals surface area contributed by atoms with Crippen LogP contribution in [0.4, 0.5) is 10.5 Å². The summed E-state index contributed by atoms with van der Waals surface area (Å²) in [6, 6.07) is 7.72. The lowest BCUT2D eigenvalue weighted by molar-refractivity contribution is -0.116. The zero-order chi connectivity index (χ0) is 18.1. The Labute approximate surface area is 145 Å². The van der Waals surface area contributed by atoms with Crippen molar-refractivity contribution in [2.45, 2.75) is 60.0 Å². The van der Waals surface area contributed by atoms with E-state index in [1.165, 1.54) is 0 Å². The molecule has 0 aromatic heterocycles. The highest BCUT2D eigenvalue weighted by atomic mass is 16.2. The number of anilines is 1. The smallest absolute Gasteiger partial charge is 0.317 e. The molecule has 5 nitrogen and oxygen atoms in total. The lowest BCUT2D eigenvalue weighted by Crippen LogP contribution is -2.46. The maximum absolute atomic E-state index is 12.4. The zero-order valence-electron chi connectivity index (χ0n) is 15.6. The molecule has 0 heterocycles. The topological polar surface area (TPSA) is 61.4 Å². The Kier molecular flexibility index (Phi) is 8.30. The largest absolute Gasteiger partial charge is 0.334 e. The van der Waals surface area contributed by atoms with Gasteiger partial charge >= 0.3 is 6.03 Å². The highest BCUT2D eigenvalue weighted by Gasteiger charge is 2.20. The summed E-state index contributed by atoms with van der Waals surface area (Å²) in [5, 5.41) is 5.84. The minimum absolute atomic E-state index is 0.0154. The Morgan fingerprint density at radius 1 is 1.17 bits per heavy atom. The van der Waals surface area contributed by atoms with Crippen LogP contribution in [0.1, 0.15) is 53.0 Å². The maximum Gasteiger partial charge on any atom is 0.317 e. The fourth-order valence-corrected chi connectivity index (χ4v) is 2.47. The fraction of sp³-hybridized carbons (Fsp3) is 0.579. The van der Waals surface area contributed by atoms with Crippen LogP contribution in [0.3, 0.4) is 0 Å². The average molecular weight is 333 g/mol. The van der Waals surface area contributed by atoms with Crippen molar-refractivity contribution in [3.63, 3.8) is 0 Å². The van der Waals surface area contributed by atoms with Crippen LogP contribution in [0.5, 0.6) is 0 Å². The first-order valence-corrected chi connectivity index (χ1v) is 8.82. The van der Waals surface area contributed by atoms with Gasteiger partial charge in [-0.1, -0.05) is 32.9 Å². The second-order valence-electron chi connectivity index (χ2n) is 6.43. The molecular weight excluding hydrogens is 302 g/mol. The number of rotatable bonds is 8. The van der Waals surface area contributed by atoms with Gasteiger partial charge in [-0.15, -0.1) is 0 Å². The molecule has 0 aliphatic heterocycles. The highest BCUT2D eigenvalue weighted by molar-refractivity contribution is 5.90. The second-order valence-corrected chi connectivity index (χ2v) is 6.43. The van der Waals surface area contributed by atoms with Crippen molar-refractivity contribution < 1.29 is 9.59 Å². The highest BCUT2D eigenvalue weighted by Crippen LogP contribution is 2.13. The summed E-state index contributed by atoms with van der Waals surface area (Å²) in [5.41, 5.74) is 1.73. The molecular formula is C19H31N3O2. The molecule has 1 rings (SSSR count). The number of amides is 3. The quantitative estimate of drug-likeness (QED) is 0.755. The van der Waals surface area contributed by atoms with E-state index >= 15 is 0 Å². The molecule has 3 amide bonds. The first kappa shape index (κ1) is 20.0. The van der Waals surface area contributed by atoms with Gasteiger partial charge < -0.3 is 15.5 Å². The number of hydrogen-bond acceptors (Lipinski definition) is 2. The van der Waals surface area contributed by atoms with E-state index < -0.39 is 0 Å². The fourth-order valence-electron chi connectivity index (χ4n) is 2.47. The first-order valence-electron chi connectivity index (χ1n) is 8.82. The molecule has 0 spiro atoms. The monoisotopic (exact) mass is 333 g/mol. The summed E-state index contributed by atoms with van der Waals surface area (Å²) in [6.45, 7) is 11.4. The standard InChI is InChI=1S/C19H31N3O2/c1-6-9-18(23)21-17-11-8-10-16(12-17)13-20-19(24)22(7-2)15(5)14(3)4/h8,10-12,14-15H,6-7,9,13H2,1-5H3,(H,20,24)(H,21,23). The number of hydrogen-bond donors (Lipinski definition) is 2. The Morgan fingerprint density at radius 2 is 1.88 bits per heavy atom. The molecule has 0 bridgehead atoms. The van der Waals surface area contributed by atoms with E-state index in [1.807, 2.05) is 43.0 Å². The molecule has 24 heavy (non-hydrogen) atoms. The summed E-state index contributed by atoms with van der Waals surface area (Å²) in [7, 11) is 0. The third-order valence-electron chi connectivity index (χ3n) is 4.19. The average Bonchev–Trinajstić information content (AvgIpc) is 2.54. The molecule has 5 heteroatoms. The van der Waals surface area contributed by atoms with Crippen LogP contribution in [0, 0.1) is 5.92 Å². The van der Waals surface area contributed by atoms with Crippen molar-refractivity contribution in [1.29, 1.82) is 0 Å². The van der Waals surface area contributed by atoms with E-state index in [4.69, 9.17) is 0 Å². The van der Waals surface area contributed by atoms with Gasteiger partial charge in [-0.05, 0) is 43.9 Å². The van der Waals surface area contributed by atoms with E-state index in [9.17, 15) is 9.59 Å². The normalized spacial score (nSPS) is 11.9. The lowest BCUT2D eigenvalue weighted by Gasteiger charge is -2.31. The number of nitrogens with one attached hydrogen (secondary N) is 2.